The van der Waals surface area contributed by atoms with E-state index in [-0.39, 0.29) is 5.56 Å². The lowest BCUT2D eigenvalue weighted by Gasteiger charge is -2.08. The smallest absolute Gasteiger partial charge is 0.341 e. The lowest BCUT2D eigenvalue weighted by atomic mass is 10.2. The van der Waals surface area contributed by atoms with Crippen molar-refractivity contribution >= 4 is 27.4 Å². The van der Waals surface area contributed by atoms with Crippen molar-refractivity contribution in [2.24, 2.45) is 0 Å². The van der Waals surface area contributed by atoms with Gasteiger partial charge in [-0.05, 0) is 48.5 Å². The zero-order valence-electron chi connectivity index (χ0n) is 14.0. The molecule has 0 aliphatic heterocycles. The summed E-state index contributed by atoms with van der Waals surface area (Å²) in [5.74, 6) is -4.44. The number of rotatable bonds is 7. The van der Waals surface area contributed by atoms with Crippen LogP contribution in [0.4, 0.5) is 14.5 Å². The Bertz CT molecular complexity index is 911. The Morgan fingerprint density at radius 2 is 1.63 bits per heavy atom. The number of carbonyl (C=O) groups excluding carboxylic acids is 2. The average Bonchev–Trinajstić information content (AvgIpc) is 2.66. The highest BCUT2D eigenvalue weighted by molar-refractivity contribution is 7.91. The van der Waals surface area contributed by atoms with E-state index in [0.717, 1.165) is 24.3 Å². The van der Waals surface area contributed by atoms with Gasteiger partial charge in [0, 0.05) is 5.69 Å². The monoisotopic (exact) mass is 399 g/mol. The maximum atomic E-state index is 12.5. The second kappa shape index (κ2) is 8.58. The number of nitrogens with one attached hydrogen (secondary N) is 1. The van der Waals surface area contributed by atoms with Crippen molar-refractivity contribution in [3.63, 3.8) is 0 Å². The first-order valence-corrected chi connectivity index (χ1v) is 9.02. The van der Waals surface area contributed by atoms with E-state index in [1.165, 1.54) is 7.11 Å². The second-order valence-corrected chi connectivity index (χ2v) is 7.10. The molecule has 0 aliphatic carbocycles. The fourth-order valence-electron chi connectivity index (χ4n) is 1.97. The third-order valence-corrected chi connectivity index (χ3v) is 4.76. The molecule has 1 N–H and O–H groups in total. The van der Waals surface area contributed by atoms with Gasteiger partial charge in [-0.2, -0.15) is 8.78 Å². The van der Waals surface area contributed by atoms with Crippen LogP contribution < -0.4 is 10.1 Å². The lowest BCUT2D eigenvalue weighted by Crippen LogP contribution is -2.21. The van der Waals surface area contributed by atoms with Crippen molar-refractivity contribution in [1.82, 2.24) is 0 Å². The van der Waals surface area contributed by atoms with Crippen LogP contribution in [0, 0.1) is 0 Å². The van der Waals surface area contributed by atoms with Crippen LogP contribution >= 0.6 is 0 Å². The first kappa shape index (κ1) is 20.3. The van der Waals surface area contributed by atoms with Crippen LogP contribution in [0.2, 0.25) is 0 Å². The van der Waals surface area contributed by atoms with Crippen molar-refractivity contribution in [2.45, 2.75) is 10.7 Å². The van der Waals surface area contributed by atoms with Gasteiger partial charge >= 0.3 is 11.7 Å². The van der Waals surface area contributed by atoms with Crippen molar-refractivity contribution in [3.8, 4) is 5.75 Å². The van der Waals surface area contributed by atoms with Gasteiger partial charge < -0.3 is 14.8 Å². The highest BCUT2D eigenvalue weighted by atomic mass is 32.2. The summed E-state index contributed by atoms with van der Waals surface area (Å²) in [4.78, 5) is 23.0. The fraction of sp³-hybridized carbons (Fsp3) is 0.176. The summed E-state index contributed by atoms with van der Waals surface area (Å²) in [6, 6.07) is 10.3. The summed E-state index contributed by atoms with van der Waals surface area (Å²) in [6.45, 7) is -0.581. The van der Waals surface area contributed by atoms with Gasteiger partial charge in [0.25, 0.3) is 5.91 Å². The Kier molecular flexibility index (Phi) is 6.45. The molecule has 0 bridgehead atoms. The van der Waals surface area contributed by atoms with Gasteiger partial charge in [0.2, 0.25) is 9.84 Å². The molecule has 27 heavy (non-hydrogen) atoms. The van der Waals surface area contributed by atoms with Crippen molar-refractivity contribution < 1.29 is 36.3 Å². The molecule has 0 atom stereocenters. The van der Waals surface area contributed by atoms with Crippen LogP contribution in [0.1, 0.15) is 10.4 Å². The summed E-state index contributed by atoms with van der Waals surface area (Å²) in [6.07, 6.45) is 0. The molecule has 0 heterocycles. The molecule has 0 aromatic heterocycles. The molecule has 0 fully saturated rings. The SMILES string of the molecule is COc1ccc(NC(=O)COC(=O)c2ccc(S(=O)(=O)C(F)F)cc2)cc1. The van der Waals surface area contributed by atoms with E-state index in [2.05, 4.69) is 5.32 Å². The first-order chi connectivity index (χ1) is 12.7. The third kappa shape index (κ3) is 5.23. The van der Waals surface area contributed by atoms with E-state index < -0.39 is 39.0 Å². The number of carbonyl (C=O) groups is 2. The van der Waals surface area contributed by atoms with Gasteiger partial charge in [-0.1, -0.05) is 0 Å². The number of esters is 1. The number of sulfone groups is 1. The van der Waals surface area contributed by atoms with Crippen LogP contribution in [0.25, 0.3) is 0 Å². The number of ether oxygens (including phenoxy) is 2. The van der Waals surface area contributed by atoms with E-state index >= 15 is 0 Å². The quantitative estimate of drug-likeness (QED) is 0.719. The molecule has 10 heteroatoms. The van der Waals surface area contributed by atoms with E-state index in [1.807, 2.05) is 0 Å². The molecule has 2 rings (SSSR count). The van der Waals surface area contributed by atoms with Gasteiger partial charge in [-0.15, -0.1) is 0 Å². The topological polar surface area (TPSA) is 98.8 Å². The maximum absolute atomic E-state index is 12.5. The molecule has 0 saturated heterocycles. The predicted octanol–water partition coefficient (Wildman–Crippen LogP) is 2.49. The molecule has 0 spiro atoms. The Morgan fingerprint density at radius 3 is 2.15 bits per heavy atom. The molecule has 0 radical (unpaired) electrons. The fourth-order valence-corrected chi connectivity index (χ4v) is 2.69. The third-order valence-electron chi connectivity index (χ3n) is 3.36. The average molecular weight is 399 g/mol. The zero-order chi connectivity index (χ0) is 20.0. The molecule has 7 nitrogen and oxygen atoms in total. The molecule has 2 aromatic rings. The molecule has 1 amide bonds. The van der Waals surface area contributed by atoms with Crippen LogP contribution in [0.15, 0.2) is 53.4 Å². The van der Waals surface area contributed by atoms with E-state index in [4.69, 9.17) is 9.47 Å². The lowest BCUT2D eigenvalue weighted by molar-refractivity contribution is -0.119. The summed E-state index contributed by atoms with van der Waals surface area (Å²) < 4.78 is 57.3. The highest BCUT2D eigenvalue weighted by Crippen LogP contribution is 2.19. The van der Waals surface area contributed by atoms with Crippen molar-refractivity contribution in [2.75, 3.05) is 19.0 Å². The van der Waals surface area contributed by atoms with Crippen molar-refractivity contribution in [1.29, 1.82) is 0 Å². The Labute approximate surface area is 153 Å². The molecular weight excluding hydrogens is 384 g/mol. The van der Waals surface area contributed by atoms with E-state index in [9.17, 15) is 26.8 Å². The maximum Gasteiger partial charge on any atom is 0.341 e. The summed E-state index contributed by atoms with van der Waals surface area (Å²) in [5, 5.41) is 2.51. The Morgan fingerprint density at radius 1 is 1.04 bits per heavy atom. The van der Waals surface area contributed by atoms with Gasteiger partial charge in [0.15, 0.2) is 6.61 Å². The van der Waals surface area contributed by atoms with Gasteiger partial charge in [0.1, 0.15) is 5.75 Å². The molecule has 144 valence electrons. The number of alkyl halides is 2. The number of anilines is 1. The predicted molar refractivity (Wildman–Crippen MR) is 91.5 cm³/mol. The molecular formula is C17H15F2NO6S. The second-order valence-electron chi connectivity index (χ2n) is 5.18. The Hall–Kier alpha value is -3.01. The van der Waals surface area contributed by atoms with E-state index in [1.54, 1.807) is 24.3 Å². The van der Waals surface area contributed by atoms with Crippen LogP contribution in [-0.4, -0.2) is 39.8 Å². The first-order valence-electron chi connectivity index (χ1n) is 7.47. The number of methoxy groups -OCH3 is 1. The number of hydrogen-bond donors (Lipinski definition) is 1. The van der Waals surface area contributed by atoms with Crippen LogP contribution in [0.3, 0.4) is 0 Å². The highest BCUT2D eigenvalue weighted by Gasteiger charge is 2.26. The van der Waals surface area contributed by atoms with Crippen LogP contribution in [-0.2, 0) is 19.4 Å². The Balaban J connectivity index is 1.92. The minimum Gasteiger partial charge on any atom is -0.497 e. The molecule has 0 aliphatic rings. The summed E-state index contributed by atoms with van der Waals surface area (Å²) in [7, 11) is -3.24. The zero-order valence-corrected chi connectivity index (χ0v) is 14.8. The van der Waals surface area contributed by atoms with Gasteiger partial charge in [-0.25, -0.2) is 13.2 Å². The summed E-state index contributed by atoms with van der Waals surface area (Å²) in [5.41, 5.74) is 0.388. The molecule has 0 unspecified atom stereocenters. The largest absolute Gasteiger partial charge is 0.497 e. The number of hydrogen-bond acceptors (Lipinski definition) is 6. The summed E-state index contributed by atoms with van der Waals surface area (Å²) >= 11 is 0. The minimum absolute atomic E-state index is 0.0829. The number of benzene rings is 2. The minimum atomic E-state index is -4.74. The van der Waals surface area contributed by atoms with Crippen molar-refractivity contribution in [3.05, 3.63) is 54.1 Å². The van der Waals surface area contributed by atoms with Crippen LogP contribution in [0.5, 0.6) is 5.75 Å². The standard InChI is InChI=1S/C17H15F2NO6S/c1-25-13-6-4-12(5-7-13)20-15(21)10-26-16(22)11-2-8-14(9-3-11)27(23,24)17(18)19/h2-9,17H,10H2,1H3,(H,20,21). The van der Waals surface area contributed by atoms with Gasteiger partial charge in [-0.3, -0.25) is 4.79 Å². The van der Waals surface area contributed by atoms with E-state index in [0.29, 0.717) is 11.4 Å². The molecule has 0 saturated carbocycles. The number of amides is 1. The number of halogens is 2. The van der Waals surface area contributed by atoms with Gasteiger partial charge in [0.05, 0.1) is 17.6 Å². The normalized spacial score (nSPS) is 11.1. The molecule has 2 aromatic carbocycles.